The second-order valence-electron chi connectivity index (χ2n) is 6.80. The first-order valence-electron chi connectivity index (χ1n) is 7.76. The Labute approximate surface area is 125 Å². The third kappa shape index (κ3) is 9.70. The molecule has 0 radical (unpaired) electrons. The zero-order chi connectivity index (χ0) is 15.6. The summed E-state index contributed by atoms with van der Waals surface area (Å²) in [6.45, 7) is 12.1. The Morgan fingerprint density at radius 1 is 1.05 bits per heavy atom. The van der Waals surface area contributed by atoms with Crippen molar-refractivity contribution in [3.63, 3.8) is 0 Å². The molecule has 20 heavy (non-hydrogen) atoms. The van der Waals surface area contributed by atoms with E-state index in [1.807, 2.05) is 0 Å². The first kappa shape index (κ1) is 19.8. The molecule has 0 aliphatic heterocycles. The van der Waals surface area contributed by atoms with Crippen molar-refractivity contribution in [3.05, 3.63) is 0 Å². The molecule has 0 aromatic carbocycles. The van der Waals surface area contributed by atoms with Crippen LogP contribution in [0.3, 0.4) is 0 Å². The van der Waals surface area contributed by atoms with Crippen molar-refractivity contribution in [1.29, 1.82) is 0 Å². The third-order valence-corrected chi connectivity index (χ3v) is 3.65. The molecule has 0 aromatic rings. The number of hydrogen-bond donors (Lipinski definition) is 2. The number of aliphatic hydroxyl groups is 1. The van der Waals surface area contributed by atoms with Gasteiger partial charge in [-0.3, -0.25) is 0 Å². The lowest BCUT2D eigenvalue weighted by Gasteiger charge is -2.31. The van der Waals surface area contributed by atoms with Crippen LogP contribution in [0.1, 0.15) is 60.3 Å². The van der Waals surface area contributed by atoms with E-state index >= 15 is 0 Å². The lowest BCUT2D eigenvalue weighted by atomic mass is 9.95. The van der Waals surface area contributed by atoms with Crippen molar-refractivity contribution in [2.24, 2.45) is 0 Å². The standard InChI is InChI=1S/C16H35NO3/c1-14(2)17-16(5,13-18)9-7-8-11-20-12-10-15(3,4)19-6/h14,17-18H,7-13H2,1-6H3. The maximum Gasteiger partial charge on any atom is 0.0644 e. The Morgan fingerprint density at radius 3 is 2.20 bits per heavy atom. The third-order valence-electron chi connectivity index (χ3n) is 3.65. The van der Waals surface area contributed by atoms with Gasteiger partial charge in [0, 0.05) is 31.9 Å². The lowest BCUT2D eigenvalue weighted by molar-refractivity contribution is -0.0103. The van der Waals surface area contributed by atoms with Gasteiger partial charge in [-0.25, -0.2) is 0 Å². The summed E-state index contributed by atoms with van der Waals surface area (Å²) in [7, 11) is 1.73. The van der Waals surface area contributed by atoms with Crippen molar-refractivity contribution >= 4 is 0 Å². The number of ether oxygens (including phenoxy) is 2. The summed E-state index contributed by atoms with van der Waals surface area (Å²) in [5.41, 5.74) is -0.275. The highest BCUT2D eigenvalue weighted by Crippen LogP contribution is 2.15. The Morgan fingerprint density at radius 2 is 1.70 bits per heavy atom. The van der Waals surface area contributed by atoms with E-state index in [1.54, 1.807) is 7.11 Å². The minimum atomic E-state index is -0.174. The minimum Gasteiger partial charge on any atom is -0.394 e. The molecule has 4 nitrogen and oxygen atoms in total. The summed E-state index contributed by atoms with van der Waals surface area (Å²) < 4.78 is 11.0. The number of nitrogens with one attached hydrogen (secondary N) is 1. The fourth-order valence-corrected chi connectivity index (χ4v) is 2.14. The molecular weight excluding hydrogens is 254 g/mol. The van der Waals surface area contributed by atoms with E-state index in [1.165, 1.54) is 0 Å². The number of unbranched alkanes of at least 4 members (excludes halogenated alkanes) is 1. The van der Waals surface area contributed by atoms with Crippen molar-refractivity contribution < 1.29 is 14.6 Å². The van der Waals surface area contributed by atoms with Crippen molar-refractivity contribution in [3.8, 4) is 0 Å². The Balaban J connectivity index is 3.65. The molecule has 0 spiro atoms. The summed E-state index contributed by atoms with van der Waals surface area (Å²) in [6, 6.07) is 0.389. The van der Waals surface area contributed by atoms with Gasteiger partial charge in [0.15, 0.2) is 0 Å². The van der Waals surface area contributed by atoms with Gasteiger partial charge < -0.3 is 19.9 Å². The molecular formula is C16H35NO3. The zero-order valence-corrected chi connectivity index (χ0v) is 14.3. The summed E-state index contributed by atoms with van der Waals surface area (Å²) in [4.78, 5) is 0. The van der Waals surface area contributed by atoms with Gasteiger partial charge in [0.2, 0.25) is 0 Å². The number of aliphatic hydroxyl groups excluding tert-OH is 1. The number of hydrogen-bond acceptors (Lipinski definition) is 4. The lowest BCUT2D eigenvalue weighted by Crippen LogP contribution is -2.49. The molecule has 0 heterocycles. The first-order chi connectivity index (χ1) is 9.24. The molecule has 4 heteroatoms. The Hall–Kier alpha value is -0.160. The summed E-state index contributed by atoms with van der Waals surface area (Å²) in [5.74, 6) is 0. The highest BCUT2D eigenvalue weighted by atomic mass is 16.5. The van der Waals surface area contributed by atoms with Gasteiger partial charge >= 0.3 is 0 Å². The second kappa shape index (κ2) is 9.72. The molecule has 1 unspecified atom stereocenters. The van der Waals surface area contributed by atoms with Crippen LogP contribution in [0.4, 0.5) is 0 Å². The van der Waals surface area contributed by atoms with Crippen LogP contribution in [0.25, 0.3) is 0 Å². The van der Waals surface area contributed by atoms with Gasteiger partial charge in [-0.15, -0.1) is 0 Å². The molecule has 0 aliphatic rings. The van der Waals surface area contributed by atoms with Crippen LogP contribution in [0.2, 0.25) is 0 Å². The van der Waals surface area contributed by atoms with Gasteiger partial charge in [-0.05, 0) is 46.5 Å². The molecule has 1 atom stereocenters. The Bertz CT molecular complexity index is 244. The van der Waals surface area contributed by atoms with Crippen LogP contribution in [-0.4, -0.2) is 49.2 Å². The average molecular weight is 289 g/mol. The normalized spacial score (nSPS) is 15.6. The highest BCUT2D eigenvalue weighted by Gasteiger charge is 2.23. The van der Waals surface area contributed by atoms with Crippen molar-refractivity contribution in [2.75, 3.05) is 26.9 Å². The molecule has 0 aromatic heterocycles. The molecule has 0 fully saturated rings. The van der Waals surface area contributed by atoms with Gasteiger partial charge in [0.05, 0.1) is 12.2 Å². The number of methoxy groups -OCH3 is 1. The summed E-state index contributed by atoms with van der Waals surface area (Å²) >= 11 is 0. The molecule has 0 rings (SSSR count). The van der Waals surface area contributed by atoms with E-state index in [9.17, 15) is 5.11 Å². The fourth-order valence-electron chi connectivity index (χ4n) is 2.14. The highest BCUT2D eigenvalue weighted by molar-refractivity contribution is 4.83. The van der Waals surface area contributed by atoms with Crippen LogP contribution in [0, 0.1) is 0 Å². The molecule has 0 bridgehead atoms. The maximum absolute atomic E-state index is 9.48. The molecule has 122 valence electrons. The van der Waals surface area contributed by atoms with Gasteiger partial charge in [-0.2, -0.15) is 0 Å². The fraction of sp³-hybridized carbons (Fsp3) is 1.00. The molecule has 0 saturated carbocycles. The van der Waals surface area contributed by atoms with Crippen LogP contribution in [-0.2, 0) is 9.47 Å². The SMILES string of the molecule is COC(C)(C)CCOCCCCC(C)(CO)NC(C)C. The second-order valence-corrected chi connectivity index (χ2v) is 6.80. The molecule has 0 amide bonds. The largest absolute Gasteiger partial charge is 0.394 e. The van der Waals surface area contributed by atoms with E-state index < -0.39 is 0 Å². The van der Waals surface area contributed by atoms with E-state index in [0.29, 0.717) is 6.04 Å². The number of rotatable bonds is 12. The summed E-state index contributed by atoms with van der Waals surface area (Å²) in [6.07, 6.45) is 3.97. The van der Waals surface area contributed by atoms with E-state index in [2.05, 4.69) is 39.9 Å². The van der Waals surface area contributed by atoms with E-state index in [-0.39, 0.29) is 17.7 Å². The van der Waals surface area contributed by atoms with Crippen molar-refractivity contribution in [2.45, 2.75) is 77.5 Å². The van der Waals surface area contributed by atoms with Crippen LogP contribution in [0.5, 0.6) is 0 Å². The van der Waals surface area contributed by atoms with E-state index in [0.717, 1.165) is 38.9 Å². The first-order valence-corrected chi connectivity index (χ1v) is 7.76. The quantitative estimate of drug-likeness (QED) is 0.542. The smallest absolute Gasteiger partial charge is 0.0644 e. The zero-order valence-electron chi connectivity index (χ0n) is 14.3. The topological polar surface area (TPSA) is 50.7 Å². The van der Waals surface area contributed by atoms with Crippen LogP contribution >= 0.6 is 0 Å². The maximum atomic E-state index is 9.48. The van der Waals surface area contributed by atoms with Crippen LogP contribution < -0.4 is 5.32 Å². The molecule has 2 N–H and O–H groups in total. The van der Waals surface area contributed by atoms with Gasteiger partial charge in [-0.1, -0.05) is 13.8 Å². The predicted molar refractivity (Wildman–Crippen MR) is 84.1 cm³/mol. The van der Waals surface area contributed by atoms with E-state index in [4.69, 9.17) is 9.47 Å². The van der Waals surface area contributed by atoms with Gasteiger partial charge in [0.25, 0.3) is 0 Å². The van der Waals surface area contributed by atoms with Crippen molar-refractivity contribution in [1.82, 2.24) is 5.32 Å². The molecule has 0 aliphatic carbocycles. The monoisotopic (exact) mass is 289 g/mol. The van der Waals surface area contributed by atoms with Crippen LogP contribution in [0.15, 0.2) is 0 Å². The summed E-state index contributed by atoms with van der Waals surface area (Å²) in [5, 5.41) is 12.9. The average Bonchev–Trinajstić information content (AvgIpc) is 2.36. The minimum absolute atomic E-state index is 0.101. The van der Waals surface area contributed by atoms with Gasteiger partial charge in [0.1, 0.15) is 0 Å². The Kier molecular flexibility index (Phi) is 9.64. The molecule has 0 saturated heterocycles. The predicted octanol–water partition coefficient (Wildman–Crippen LogP) is 2.74.